The molecule has 8 heteroatoms. The zero-order chi connectivity index (χ0) is 14.6. The number of nitro groups is 1. The van der Waals surface area contributed by atoms with E-state index in [-0.39, 0.29) is 6.42 Å². The number of nitrogens with zero attached hydrogens (tertiary/aromatic N) is 2. The van der Waals surface area contributed by atoms with Gasteiger partial charge < -0.3 is 5.32 Å². The molecule has 0 saturated carbocycles. The molecule has 0 bridgehead atoms. The molecule has 1 unspecified atom stereocenters. The van der Waals surface area contributed by atoms with Gasteiger partial charge in [-0.1, -0.05) is 6.92 Å². The standard InChI is InChI=1S/C11H9F2N3O3/c1-2-6(5-14)15-11(17)9-7(12)3-4-8(10(9)13)16(18)19/h3-4,6H,2H2,1H3,(H,15,17). The molecule has 0 heterocycles. The summed E-state index contributed by atoms with van der Waals surface area (Å²) in [6.07, 6.45) is 0.237. The summed E-state index contributed by atoms with van der Waals surface area (Å²) in [4.78, 5) is 21.1. The van der Waals surface area contributed by atoms with Crippen molar-refractivity contribution in [1.29, 1.82) is 5.26 Å². The first-order valence-electron chi connectivity index (χ1n) is 5.25. The predicted molar refractivity (Wildman–Crippen MR) is 60.2 cm³/mol. The summed E-state index contributed by atoms with van der Waals surface area (Å²) >= 11 is 0. The summed E-state index contributed by atoms with van der Waals surface area (Å²) in [5, 5.41) is 21.2. The fraction of sp³-hybridized carbons (Fsp3) is 0.273. The molecule has 0 aliphatic rings. The Balaban J connectivity index is 3.20. The smallest absolute Gasteiger partial charge is 0.305 e. The highest BCUT2D eigenvalue weighted by Crippen LogP contribution is 2.23. The molecule has 0 spiro atoms. The van der Waals surface area contributed by atoms with E-state index < -0.39 is 39.8 Å². The van der Waals surface area contributed by atoms with Crippen molar-refractivity contribution in [3.63, 3.8) is 0 Å². The summed E-state index contributed by atoms with van der Waals surface area (Å²) in [5.41, 5.74) is -2.07. The summed E-state index contributed by atoms with van der Waals surface area (Å²) in [5.74, 6) is -3.99. The van der Waals surface area contributed by atoms with Gasteiger partial charge in [0.25, 0.3) is 5.91 Å². The Bertz CT molecular complexity index is 569. The van der Waals surface area contributed by atoms with E-state index in [9.17, 15) is 23.7 Å². The van der Waals surface area contributed by atoms with E-state index in [0.29, 0.717) is 12.1 Å². The molecule has 0 radical (unpaired) electrons. The van der Waals surface area contributed by atoms with E-state index in [1.807, 2.05) is 0 Å². The van der Waals surface area contributed by atoms with Crippen molar-refractivity contribution < 1.29 is 18.5 Å². The van der Waals surface area contributed by atoms with E-state index in [0.717, 1.165) is 0 Å². The van der Waals surface area contributed by atoms with Crippen LogP contribution in [0.1, 0.15) is 23.7 Å². The summed E-state index contributed by atoms with van der Waals surface area (Å²) < 4.78 is 27.1. The SMILES string of the molecule is CCC(C#N)NC(=O)c1c(F)ccc([N+](=O)[O-])c1F. The van der Waals surface area contributed by atoms with Crippen LogP contribution in [0.2, 0.25) is 0 Å². The highest BCUT2D eigenvalue weighted by Gasteiger charge is 2.27. The molecule has 6 nitrogen and oxygen atoms in total. The van der Waals surface area contributed by atoms with Gasteiger partial charge in [-0.05, 0) is 12.5 Å². The third kappa shape index (κ3) is 3.01. The Morgan fingerprint density at radius 3 is 2.68 bits per heavy atom. The highest BCUT2D eigenvalue weighted by molar-refractivity contribution is 5.95. The quantitative estimate of drug-likeness (QED) is 0.667. The molecule has 0 aliphatic heterocycles. The first kappa shape index (κ1) is 14.5. The highest BCUT2D eigenvalue weighted by atomic mass is 19.1. The largest absolute Gasteiger partial charge is 0.336 e. The van der Waals surface area contributed by atoms with Gasteiger partial charge in [-0.25, -0.2) is 4.39 Å². The van der Waals surface area contributed by atoms with E-state index in [1.54, 1.807) is 13.0 Å². The second kappa shape index (κ2) is 5.86. The van der Waals surface area contributed by atoms with Crippen LogP contribution in [0.25, 0.3) is 0 Å². The maximum atomic E-state index is 13.7. The molecule has 0 aliphatic carbocycles. The lowest BCUT2D eigenvalue weighted by molar-refractivity contribution is -0.387. The first-order valence-corrected chi connectivity index (χ1v) is 5.25. The van der Waals surface area contributed by atoms with Gasteiger partial charge in [-0.2, -0.15) is 9.65 Å². The number of rotatable bonds is 4. The van der Waals surface area contributed by atoms with Crippen LogP contribution in [0.3, 0.4) is 0 Å². The Kier molecular flexibility index (Phi) is 4.47. The molecule has 1 rings (SSSR count). The van der Waals surface area contributed by atoms with Gasteiger partial charge in [0.05, 0.1) is 11.0 Å². The van der Waals surface area contributed by atoms with Gasteiger partial charge in [-0.3, -0.25) is 14.9 Å². The van der Waals surface area contributed by atoms with E-state index in [4.69, 9.17) is 5.26 Å². The Morgan fingerprint density at radius 2 is 2.21 bits per heavy atom. The minimum atomic E-state index is -1.56. The summed E-state index contributed by atoms with van der Waals surface area (Å²) in [7, 11) is 0. The van der Waals surface area contributed by atoms with Crippen LogP contribution in [0.5, 0.6) is 0 Å². The van der Waals surface area contributed by atoms with Gasteiger partial charge in [0.15, 0.2) is 0 Å². The fourth-order valence-corrected chi connectivity index (χ4v) is 1.35. The van der Waals surface area contributed by atoms with Gasteiger partial charge in [0.2, 0.25) is 5.82 Å². The molecule has 1 N–H and O–H groups in total. The van der Waals surface area contributed by atoms with Crippen LogP contribution in [-0.4, -0.2) is 16.9 Å². The topological polar surface area (TPSA) is 96.0 Å². The van der Waals surface area contributed by atoms with E-state index in [2.05, 4.69) is 5.32 Å². The average molecular weight is 269 g/mol. The maximum Gasteiger partial charge on any atom is 0.305 e. The Labute approximate surface area is 106 Å². The summed E-state index contributed by atoms with van der Waals surface area (Å²) in [6, 6.07) is 2.05. The van der Waals surface area contributed by atoms with Crippen LogP contribution >= 0.6 is 0 Å². The zero-order valence-electron chi connectivity index (χ0n) is 9.81. The molecular weight excluding hydrogens is 260 g/mol. The third-order valence-electron chi connectivity index (χ3n) is 2.36. The summed E-state index contributed by atoms with van der Waals surface area (Å²) in [6.45, 7) is 1.59. The van der Waals surface area contributed by atoms with Crippen molar-refractivity contribution in [3.8, 4) is 6.07 Å². The number of carbonyl (C=O) groups is 1. The minimum Gasteiger partial charge on any atom is -0.336 e. The van der Waals surface area contributed by atoms with E-state index in [1.165, 1.54) is 0 Å². The molecule has 19 heavy (non-hydrogen) atoms. The molecule has 0 fully saturated rings. The monoisotopic (exact) mass is 269 g/mol. The third-order valence-corrected chi connectivity index (χ3v) is 2.36. The second-order valence-electron chi connectivity index (χ2n) is 3.58. The molecule has 1 aromatic rings. The van der Waals surface area contributed by atoms with Crippen molar-refractivity contribution >= 4 is 11.6 Å². The van der Waals surface area contributed by atoms with Crippen molar-refractivity contribution in [3.05, 3.63) is 39.4 Å². The molecular formula is C11H9F2N3O3. The minimum absolute atomic E-state index is 0.237. The van der Waals surface area contributed by atoms with Crippen molar-refractivity contribution in [2.45, 2.75) is 19.4 Å². The van der Waals surface area contributed by atoms with Crippen LogP contribution in [-0.2, 0) is 0 Å². The normalized spacial score (nSPS) is 11.5. The molecule has 100 valence electrons. The van der Waals surface area contributed by atoms with Crippen LogP contribution in [0, 0.1) is 33.1 Å². The Hall–Kier alpha value is -2.56. The predicted octanol–water partition coefficient (Wildman–Crippen LogP) is 1.90. The van der Waals surface area contributed by atoms with Gasteiger partial charge in [0.1, 0.15) is 17.4 Å². The number of hydrogen-bond donors (Lipinski definition) is 1. The van der Waals surface area contributed by atoms with Gasteiger partial charge >= 0.3 is 5.69 Å². The van der Waals surface area contributed by atoms with Gasteiger partial charge in [-0.15, -0.1) is 0 Å². The molecule has 1 amide bonds. The van der Waals surface area contributed by atoms with Crippen molar-refractivity contribution in [1.82, 2.24) is 5.32 Å². The zero-order valence-corrected chi connectivity index (χ0v) is 9.81. The number of halogens is 2. The van der Waals surface area contributed by atoms with Crippen LogP contribution in [0.15, 0.2) is 12.1 Å². The lowest BCUT2D eigenvalue weighted by atomic mass is 10.1. The van der Waals surface area contributed by atoms with Crippen LogP contribution in [0.4, 0.5) is 14.5 Å². The molecule has 1 aromatic carbocycles. The lowest BCUT2D eigenvalue weighted by Gasteiger charge is -2.10. The molecule has 0 aromatic heterocycles. The number of carbonyl (C=O) groups excluding carboxylic acids is 1. The first-order chi connectivity index (χ1) is 8.92. The van der Waals surface area contributed by atoms with Crippen LogP contribution < -0.4 is 5.32 Å². The Morgan fingerprint density at radius 1 is 1.58 bits per heavy atom. The number of nitro benzene ring substituents is 1. The second-order valence-corrected chi connectivity index (χ2v) is 3.58. The lowest BCUT2D eigenvalue weighted by Crippen LogP contribution is -2.34. The number of nitriles is 1. The number of nitrogens with one attached hydrogen (secondary N) is 1. The molecule has 1 atom stereocenters. The van der Waals surface area contributed by atoms with Crippen molar-refractivity contribution in [2.24, 2.45) is 0 Å². The van der Waals surface area contributed by atoms with E-state index >= 15 is 0 Å². The van der Waals surface area contributed by atoms with Gasteiger partial charge in [0, 0.05) is 6.07 Å². The fourth-order valence-electron chi connectivity index (χ4n) is 1.35. The number of benzene rings is 1. The number of hydrogen-bond acceptors (Lipinski definition) is 4. The number of amides is 1. The average Bonchev–Trinajstić information content (AvgIpc) is 2.35. The maximum absolute atomic E-state index is 13.7. The van der Waals surface area contributed by atoms with Crippen molar-refractivity contribution in [2.75, 3.05) is 0 Å². The molecule has 0 saturated heterocycles.